The van der Waals surface area contributed by atoms with Crippen molar-refractivity contribution in [3.8, 4) is 11.3 Å². The maximum Gasteiger partial charge on any atom is 0.108 e. The number of hydrogen-bond acceptors (Lipinski definition) is 2. The molecule has 1 nitrogen and oxygen atoms in total. The van der Waals surface area contributed by atoms with Gasteiger partial charge in [0.05, 0.1) is 11.6 Å². The van der Waals surface area contributed by atoms with Crippen molar-refractivity contribution in [2.24, 2.45) is 0 Å². The molecule has 1 aromatic heterocycles. The zero-order chi connectivity index (χ0) is 12.1. The summed E-state index contributed by atoms with van der Waals surface area (Å²) in [4.78, 5) is 4.48. The molecule has 0 saturated carbocycles. The van der Waals surface area contributed by atoms with Crippen LogP contribution in [-0.4, -0.2) is 4.98 Å². The van der Waals surface area contributed by atoms with Gasteiger partial charge in [-0.15, -0.1) is 22.9 Å². The first-order chi connectivity index (χ1) is 8.33. The SMILES string of the molecule is CCCCc1ccc(-c2csc(CCl)n2)cc1. The van der Waals surface area contributed by atoms with Gasteiger partial charge in [-0.2, -0.15) is 0 Å². The highest BCUT2D eigenvalue weighted by atomic mass is 35.5. The lowest BCUT2D eigenvalue weighted by molar-refractivity contribution is 0.795. The van der Waals surface area contributed by atoms with E-state index in [4.69, 9.17) is 11.6 Å². The Hall–Kier alpha value is -0.860. The number of rotatable bonds is 5. The molecule has 2 aromatic rings. The number of aryl methyl sites for hydroxylation is 1. The van der Waals surface area contributed by atoms with Gasteiger partial charge in [0.25, 0.3) is 0 Å². The monoisotopic (exact) mass is 265 g/mol. The Morgan fingerprint density at radius 3 is 2.59 bits per heavy atom. The van der Waals surface area contributed by atoms with Gasteiger partial charge in [0, 0.05) is 10.9 Å². The lowest BCUT2D eigenvalue weighted by atomic mass is 10.1. The molecule has 90 valence electrons. The molecule has 0 saturated heterocycles. The van der Waals surface area contributed by atoms with Crippen molar-refractivity contribution in [2.45, 2.75) is 32.1 Å². The molecule has 17 heavy (non-hydrogen) atoms. The first-order valence-electron chi connectivity index (χ1n) is 5.93. The Bertz CT molecular complexity index is 461. The van der Waals surface area contributed by atoms with Crippen molar-refractivity contribution in [3.05, 3.63) is 40.2 Å². The first kappa shape index (κ1) is 12.6. The van der Waals surface area contributed by atoms with Crippen LogP contribution in [0.25, 0.3) is 11.3 Å². The molecule has 0 aliphatic rings. The van der Waals surface area contributed by atoms with E-state index in [1.54, 1.807) is 11.3 Å². The van der Waals surface area contributed by atoms with Crippen molar-refractivity contribution in [1.82, 2.24) is 4.98 Å². The van der Waals surface area contributed by atoms with Crippen LogP contribution in [-0.2, 0) is 12.3 Å². The Morgan fingerprint density at radius 1 is 1.24 bits per heavy atom. The third-order valence-corrected chi connectivity index (χ3v) is 4.00. The highest BCUT2D eigenvalue weighted by Crippen LogP contribution is 2.23. The van der Waals surface area contributed by atoms with Gasteiger partial charge >= 0.3 is 0 Å². The number of benzene rings is 1. The van der Waals surface area contributed by atoms with Crippen molar-refractivity contribution in [1.29, 1.82) is 0 Å². The molecule has 2 rings (SSSR count). The number of hydrogen-bond donors (Lipinski definition) is 0. The second-order valence-electron chi connectivity index (χ2n) is 4.06. The Balaban J connectivity index is 2.11. The van der Waals surface area contributed by atoms with Crippen LogP contribution in [0.4, 0.5) is 0 Å². The number of thiazole rings is 1. The Morgan fingerprint density at radius 2 is 2.00 bits per heavy atom. The molecule has 0 bridgehead atoms. The van der Waals surface area contributed by atoms with Gasteiger partial charge < -0.3 is 0 Å². The van der Waals surface area contributed by atoms with Gasteiger partial charge in [-0.25, -0.2) is 4.98 Å². The summed E-state index contributed by atoms with van der Waals surface area (Å²) in [7, 11) is 0. The quantitative estimate of drug-likeness (QED) is 0.702. The molecular formula is C14H16ClNS. The molecule has 0 unspecified atom stereocenters. The molecule has 0 amide bonds. The second-order valence-corrected chi connectivity index (χ2v) is 5.27. The van der Waals surface area contributed by atoms with Gasteiger partial charge in [-0.3, -0.25) is 0 Å². The average Bonchev–Trinajstić information content (AvgIpc) is 2.86. The summed E-state index contributed by atoms with van der Waals surface area (Å²) in [6.45, 7) is 2.22. The Labute approximate surface area is 111 Å². The van der Waals surface area contributed by atoms with E-state index in [1.807, 2.05) is 0 Å². The highest BCUT2D eigenvalue weighted by Gasteiger charge is 2.03. The van der Waals surface area contributed by atoms with E-state index in [2.05, 4.69) is 41.6 Å². The van der Waals surface area contributed by atoms with Crippen LogP contribution in [0.3, 0.4) is 0 Å². The van der Waals surface area contributed by atoms with Crippen LogP contribution in [0, 0.1) is 0 Å². The predicted molar refractivity (Wildman–Crippen MR) is 75.7 cm³/mol. The summed E-state index contributed by atoms with van der Waals surface area (Å²) < 4.78 is 0. The van der Waals surface area contributed by atoms with Crippen LogP contribution in [0.15, 0.2) is 29.6 Å². The average molecular weight is 266 g/mol. The van der Waals surface area contributed by atoms with Crippen molar-refractivity contribution < 1.29 is 0 Å². The zero-order valence-corrected chi connectivity index (χ0v) is 11.5. The molecule has 3 heteroatoms. The van der Waals surface area contributed by atoms with Gasteiger partial charge in [0.2, 0.25) is 0 Å². The van der Waals surface area contributed by atoms with E-state index in [0.717, 1.165) is 10.7 Å². The predicted octanol–water partition coefficient (Wildman–Crippen LogP) is 4.89. The molecule has 0 radical (unpaired) electrons. The number of halogens is 1. The molecule has 0 atom stereocenters. The maximum absolute atomic E-state index is 5.76. The number of alkyl halides is 1. The van der Waals surface area contributed by atoms with E-state index in [0.29, 0.717) is 5.88 Å². The number of nitrogens with zero attached hydrogens (tertiary/aromatic N) is 1. The van der Waals surface area contributed by atoms with E-state index >= 15 is 0 Å². The van der Waals surface area contributed by atoms with Gasteiger partial charge in [0.1, 0.15) is 5.01 Å². The van der Waals surface area contributed by atoms with Gasteiger partial charge in [-0.1, -0.05) is 37.6 Å². The van der Waals surface area contributed by atoms with E-state index in [-0.39, 0.29) is 0 Å². The smallest absolute Gasteiger partial charge is 0.108 e. The fraction of sp³-hybridized carbons (Fsp3) is 0.357. The molecule has 1 heterocycles. The number of aromatic nitrogens is 1. The summed E-state index contributed by atoms with van der Waals surface area (Å²) in [6.07, 6.45) is 3.67. The topological polar surface area (TPSA) is 12.9 Å². The molecule has 0 N–H and O–H groups in total. The van der Waals surface area contributed by atoms with E-state index in [9.17, 15) is 0 Å². The normalized spacial score (nSPS) is 10.7. The largest absolute Gasteiger partial charge is 0.240 e. The van der Waals surface area contributed by atoms with Crippen LogP contribution in [0.2, 0.25) is 0 Å². The fourth-order valence-corrected chi connectivity index (χ4v) is 2.63. The third-order valence-electron chi connectivity index (χ3n) is 2.73. The third kappa shape index (κ3) is 3.30. The minimum atomic E-state index is 0.499. The standard InChI is InChI=1S/C14H16ClNS/c1-2-3-4-11-5-7-12(8-6-11)13-10-17-14(9-15)16-13/h5-8,10H,2-4,9H2,1H3. The first-order valence-corrected chi connectivity index (χ1v) is 7.34. The molecular weight excluding hydrogens is 250 g/mol. The lowest BCUT2D eigenvalue weighted by Crippen LogP contribution is -1.85. The summed E-state index contributed by atoms with van der Waals surface area (Å²) >= 11 is 7.38. The maximum atomic E-state index is 5.76. The lowest BCUT2D eigenvalue weighted by Gasteiger charge is -2.01. The minimum absolute atomic E-state index is 0.499. The molecule has 0 fully saturated rings. The van der Waals surface area contributed by atoms with Crippen LogP contribution in [0.1, 0.15) is 30.3 Å². The van der Waals surface area contributed by atoms with Crippen LogP contribution >= 0.6 is 22.9 Å². The van der Waals surface area contributed by atoms with Gasteiger partial charge in [0.15, 0.2) is 0 Å². The van der Waals surface area contributed by atoms with Crippen molar-refractivity contribution >= 4 is 22.9 Å². The van der Waals surface area contributed by atoms with Crippen molar-refractivity contribution in [3.63, 3.8) is 0 Å². The highest BCUT2D eigenvalue weighted by molar-refractivity contribution is 7.10. The molecule has 0 spiro atoms. The fourth-order valence-electron chi connectivity index (χ4n) is 1.73. The van der Waals surface area contributed by atoms with Crippen LogP contribution < -0.4 is 0 Å². The van der Waals surface area contributed by atoms with Crippen molar-refractivity contribution in [2.75, 3.05) is 0 Å². The van der Waals surface area contributed by atoms with Crippen LogP contribution in [0.5, 0.6) is 0 Å². The summed E-state index contributed by atoms with van der Waals surface area (Å²) in [5, 5.41) is 3.05. The van der Waals surface area contributed by atoms with E-state index in [1.165, 1.54) is 30.4 Å². The summed E-state index contributed by atoms with van der Waals surface area (Å²) in [5.74, 6) is 0.499. The molecule has 0 aliphatic carbocycles. The number of unbranched alkanes of at least 4 members (excludes halogenated alkanes) is 1. The summed E-state index contributed by atoms with van der Waals surface area (Å²) in [5.41, 5.74) is 3.62. The molecule has 1 aromatic carbocycles. The summed E-state index contributed by atoms with van der Waals surface area (Å²) in [6, 6.07) is 8.70. The second kappa shape index (κ2) is 6.18. The zero-order valence-electron chi connectivity index (χ0n) is 9.95. The Kier molecular flexibility index (Phi) is 4.57. The molecule has 0 aliphatic heterocycles. The van der Waals surface area contributed by atoms with Gasteiger partial charge in [-0.05, 0) is 18.4 Å². The minimum Gasteiger partial charge on any atom is -0.240 e. The van der Waals surface area contributed by atoms with E-state index < -0.39 is 0 Å².